The Hall–Kier alpha value is -2.11. The maximum absolute atomic E-state index is 13.0. The third-order valence-electron chi connectivity index (χ3n) is 2.43. The van der Waals surface area contributed by atoms with E-state index in [2.05, 4.69) is 15.5 Å². The number of halogens is 1. The Morgan fingerprint density at radius 3 is 3.06 bits per heavy atom. The highest BCUT2D eigenvalue weighted by molar-refractivity contribution is 5.36. The molecule has 5 nitrogen and oxygen atoms in total. The number of phenols is 1. The van der Waals surface area contributed by atoms with Crippen molar-refractivity contribution in [3.63, 3.8) is 0 Å². The molecule has 2 N–H and O–H groups in total. The number of rotatable bonds is 4. The van der Waals surface area contributed by atoms with Crippen molar-refractivity contribution >= 4 is 5.95 Å². The van der Waals surface area contributed by atoms with Crippen LogP contribution in [0.2, 0.25) is 0 Å². The predicted octanol–water partition coefficient (Wildman–Crippen LogP) is 1.75. The van der Waals surface area contributed by atoms with Crippen LogP contribution in [0, 0.1) is 5.82 Å². The minimum Gasteiger partial charge on any atom is -0.508 e. The molecule has 0 radical (unpaired) electrons. The fourth-order valence-electron chi connectivity index (χ4n) is 1.49. The molecule has 17 heavy (non-hydrogen) atoms. The van der Waals surface area contributed by atoms with Gasteiger partial charge in [-0.05, 0) is 25.1 Å². The lowest BCUT2D eigenvalue weighted by atomic mass is 10.2. The normalized spacial score (nSPS) is 10.5. The first-order valence-corrected chi connectivity index (χ1v) is 5.29. The molecule has 2 rings (SSSR count). The van der Waals surface area contributed by atoms with Gasteiger partial charge in [0.2, 0.25) is 5.95 Å². The average molecular weight is 236 g/mol. The van der Waals surface area contributed by atoms with Gasteiger partial charge in [-0.1, -0.05) is 0 Å². The number of aryl methyl sites for hydroxylation is 1. The monoisotopic (exact) mass is 236 g/mol. The van der Waals surface area contributed by atoms with Crippen LogP contribution in [0.3, 0.4) is 0 Å². The number of benzene rings is 1. The minimum absolute atomic E-state index is 0.0569. The predicted molar refractivity (Wildman–Crippen MR) is 61.1 cm³/mol. The molecule has 0 fully saturated rings. The third kappa shape index (κ3) is 2.52. The van der Waals surface area contributed by atoms with E-state index in [1.807, 2.05) is 11.5 Å². The van der Waals surface area contributed by atoms with Crippen LogP contribution in [0.4, 0.5) is 10.3 Å². The molecule has 1 aromatic carbocycles. The van der Waals surface area contributed by atoms with Gasteiger partial charge in [-0.25, -0.2) is 4.39 Å². The highest BCUT2D eigenvalue weighted by Crippen LogP contribution is 2.18. The number of phenolic OH excluding ortho intramolecular Hbond substituents is 1. The Kier molecular flexibility index (Phi) is 3.22. The Labute approximate surface area is 97.9 Å². The first-order valence-electron chi connectivity index (χ1n) is 5.29. The van der Waals surface area contributed by atoms with Crippen molar-refractivity contribution in [1.82, 2.24) is 14.8 Å². The second-order valence-corrected chi connectivity index (χ2v) is 3.57. The van der Waals surface area contributed by atoms with Crippen molar-refractivity contribution in [3.05, 3.63) is 35.9 Å². The summed E-state index contributed by atoms with van der Waals surface area (Å²) in [7, 11) is 0. The second kappa shape index (κ2) is 4.82. The van der Waals surface area contributed by atoms with Gasteiger partial charge in [0.15, 0.2) is 0 Å². The summed E-state index contributed by atoms with van der Waals surface area (Å²) in [5, 5.41) is 20.2. The highest BCUT2D eigenvalue weighted by Gasteiger charge is 2.05. The van der Waals surface area contributed by atoms with E-state index < -0.39 is 0 Å². The molecule has 0 aliphatic carbocycles. The van der Waals surface area contributed by atoms with Crippen molar-refractivity contribution in [2.45, 2.75) is 20.0 Å². The molecule has 0 saturated carbocycles. The number of aromatic hydroxyl groups is 1. The first-order chi connectivity index (χ1) is 8.20. The molecular weight excluding hydrogens is 223 g/mol. The topological polar surface area (TPSA) is 63.0 Å². The molecule has 0 amide bonds. The Balaban J connectivity index is 2.09. The summed E-state index contributed by atoms with van der Waals surface area (Å²) in [6.07, 6.45) is 1.60. The van der Waals surface area contributed by atoms with Gasteiger partial charge in [-0.2, -0.15) is 0 Å². The minimum atomic E-state index is -0.378. The largest absolute Gasteiger partial charge is 0.508 e. The van der Waals surface area contributed by atoms with Gasteiger partial charge >= 0.3 is 0 Å². The van der Waals surface area contributed by atoms with Crippen LogP contribution in [-0.4, -0.2) is 19.9 Å². The molecule has 1 aromatic heterocycles. The number of nitrogens with one attached hydrogen (secondary N) is 1. The summed E-state index contributed by atoms with van der Waals surface area (Å²) in [4.78, 5) is 0. The zero-order valence-electron chi connectivity index (χ0n) is 9.39. The molecule has 0 aliphatic heterocycles. The lowest BCUT2D eigenvalue weighted by Gasteiger charge is -2.08. The van der Waals surface area contributed by atoms with Gasteiger partial charge in [0, 0.05) is 18.7 Å². The van der Waals surface area contributed by atoms with Crippen LogP contribution in [0.15, 0.2) is 24.5 Å². The zero-order chi connectivity index (χ0) is 12.3. The number of nitrogens with zero attached hydrogens (tertiary/aromatic N) is 3. The number of anilines is 1. The number of aromatic nitrogens is 3. The Morgan fingerprint density at radius 1 is 1.47 bits per heavy atom. The number of hydrogen-bond acceptors (Lipinski definition) is 4. The van der Waals surface area contributed by atoms with Crippen molar-refractivity contribution < 1.29 is 9.50 Å². The quantitative estimate of drug-likeness (QED) is 0.849. The van der Waals surface area contributed by atoms with E-state index in [1.165, 1.54) is 18.2 Å². The molecule has 0 saturated heterocycles. The molecule has 0 aliphatic rings. The molecular formula is C11H13FN4O. The van der Waals surface area contributed by atoms with Crippen LogP contribution in [-0.2, 0) is 13.1 Å². The Morgan fingerprint density at radius 2 is 2.29 bits per heavy atom. The molecule has 0 spiro atoms. The molecule has 6 heteroatoms. The molecule has 1 heterocycles. The van der Waals surface area contributed by atoms with Crippen molar-refractivity contribution in [1.29, 1.82) is 0 Å². The molecule has 2 aromatic rings. The highest BCUT2D eigenvalue weighted by atomic mass is 19.1. The van der Waals surface area contributed by atoms with E-state index in [9.17, 15) is 9.50 Å². The van der Waals surface area contributed by atoms with Crippen LogP contribution in [0.25, 0.3) is 0 Å². The summed E-state index contributed by atoms with van der Waals surface area (Å²) in [6, 6.07) is 3.83. The van der Waals surface area contributed by atoms with E-state index in [-0.39, 0.29) is 11.6 Å². The maximum atomic E-state index is 13.0. The van der Waals surface area contributed by atoms with Crippen molar-refractivity contribution in [2.75, 3.05) is 5.32 Å². The molecule has 90 valence electrons. The fourth-order valence-corrected chi connectivity index (χ4v) is 1.49. The van der Waals surface area contributed by atoms with Crippen LogP contribution in [0.5, 0.6) is 5.75 Å². The van der Waals surface area contributed by atoms with Gasteiger partial charge < -0.3 is 15.0 Å². The van der Waals surface area contributed by atoms with Crippen LogP contribution in [0.1, 0.15) is 12.5 Å². The molecule has 0 bridgehead atoms. The van der Waals surface area contributed by atoms with Gasteiger partial charge in [0.25, 0.3) is 0 Å². The summed E-state index contributed by atoms with van der Waals surface area (Å²) in [5.41, 5.74) is 0.482. The van der Waals surface area contributed by atoms with E-state index in [0.717, 1.165) is 6.54 Å². The van der Waals surface area contributed by atoms with E-state index in [1.54, 1.807) is 6.33 Å². The summed E-state index contributed by atoms with van der Waals surface area (Å²) in [6.45, 7) is 3.00. The summed E-state index contributed by atoms with van der Waals surface area (Å²) in [5.74, 6) is 0.272. The SMILES string of the molecule is CCn1cnnc1NCc1cc(F)ccc1O. The third-order valence-corrected chi connectivity index (χ3v) is 2.43. The summed E-state index contributed by atoms with van der Waals surface area (Å²) < 4.78 is 14.8. The average Bonchev–Trinajstić information content (AvgIpc) is 2.77. The lowest BCUT2D eigenvalue weighted by molar-refractivity contribution is 0.466. The van der Waals surface area contributed by atoms with Gasteiger partial charge in [0.1, 0.15) is 17.9 Å². The van der Waals surface area contributed by atoms with Crippen molar-refractivity contribution in [3.8, 4) is 5.75 Å². The first kappa shape index (κ1) is 11.4. The zero-order valence-corrected chi connectivity index (χ0v) is 9.39. The van der Waals surface area contributed by atoms with Crippen molar-refractivity contribution in [2.24, 2.45) is 0 Å². The molecule has 0 atom stereocenters. The van der Waals surface area contributed by atoms with E-state index in [0.29, 0.717) is 18.1 Å². The van der Waals surface area contributed by atoms with Crippen LogP contribution >= 0.6 is 0 Å². The van der Waals surface area contributed by atoms with Gasteiger partial charge in [0.05, 0.1) is 0 Å². The van der Waals surface area contributed by atoms with E-state index in [4.69, 9.17) is 0 Å². The number of hydrogen-bond donors (Lipinski definition) is 2. The standard InChI is InChI=1S/C11H13FN4O/c1-2-16-7-14-15-11(16)13-6-8-5-9(12)3-4-10(8)17/h3-5,7,17H,2,6H2,1H3,(H,13,15). The van der Waals surface area contributed by atoms with E-state index >= 15 is 0 Å². The lowest BCUT2D eigenvalue weighted by Crippen LogP contribution is -2.06. The van der Waals surface area contributed by atoms with Gasteiger partial charge in [-0.3, -0.25) is 0 Å². The Bertz CT molecular complexity index is 512. The van der Waals surface area contributed by atoms with Crippen LogP contribution < -0.4 is 5.32 Å². The fraction of sp³-hybridized carbons (Fsp3) is 0.273. The maximum Gasteiger partial charge on any atom is 0.224 e. The molecule has 0 unspecified atom stereocenters. The van der Waals surface area contributed by atoms with Gasteiger partial charge in [-0.15, -0.1) is 10.2 Å². The smallest absolute Gasteiger partial charge is 0.224 e. The summed E-state index contributed by atoms with van der Waals surface area (Å²) >= 11 is 0. The second-order valence-electron chi connectivity index (χ2n) is 3.57.